The Labute approximate surface area is 151 Å². The molecule has 1 aromatic carbocycles. The average Bonchev–Trinajstić information content (AvgIpc) is 2.85. The number of alkyl halides is 3. The first kappa shape index (κ1) is 19.6. The minimum absolute atomic E-state index is 0.213. The van der Waals surface area contributed by atoms with Gasteiger partial charge in [0.2, 0.25) is 0 Å². The molecule has 1 aliphatic rings. The summed E-state index contributed by atoms with van der Waals surface area (Å²) in [5, 5.41) is 0.473. The Hall–Kier alpha value is -1.72. The van der Waals surface area contributed by atoms with Gasteiger partial charge in [0, 0.05) is 23.7 Å². The Bertz CT molecular complexity index is 716. The molecule has 2 nitrogen and oxygen atoms in total. The maximum Gasteiger partial charge on any atom is 0.573 e. The Kier molecular flexibility index (Phi) is 6.36. The minimum Gasteiger partial charge on any atom is -0.405 e. The van der Waals surface area contributed by atoms with Crippen LogP contribution in [0.4, 0.5) is 13.2 Å². The zero-order valence-electron chi connectivity index (χ0n) is 14.5. The second-order valence-electron chi connectivity index (χ2n) is 6.01. The molecule has 0 saturated heterocycles. The van der Waals surface area contributed by atoms with E-state index in [-0.39, 0.29) is 5.76 Å². The minimum atomic E-state index is -4.75. The van der Waals surface area contributed by atoms with Crippen molar-refractivity contribution in [1.29, 1.82) is 0 Å². The quantitative estimate of drug-likeness (QED) is 0.465. The molecule has 1 aromatic rings. The van der Waals surface area contributed by atoms with Gasteiger partial charge in [0.05, 0.1) is 0 Å². The standard InChI is InChI=1S/C19H21ClF3NO/c1-4-5-18(25-19(21,22)23)17(9-6-13(2)20)14-7-8-15-11-24(3)12-16(15)10-14/h5-10H,4,11-12H2,1-3H3/b13-6+,17-9-,18-5-. The van der Waals surface area contributed by atoms with Crippen LogP contribution in [0.15, 0.2) is 47.2 Å². The molecular weight excluding hydrogens is 351 g/mol. The third-order valence-electron chi connectivity index (χ3n) is 3.76. The van der Waals surface area contributed by atoms with Crippen LogP contribution >= 0.6 is 11.6 Å². The summed E-state index contributed by atoms with van der Waals surface area (Å²) in [4.78, 5) is 2.15. The van der Waals surface area contributed by atoms with Crippen LogP contribution in [-0.4, -0.2) is 18.3 Å². The molecule has 0 aliphatic carbocycles. The molecule has 0 spiro atoms. The Morgan fingerprint density at radius 3 is 2.52 bits per heavy atom. The molecule has 0 saturated carbocycles. The third-order valence-corrected chi connectivity index (χ3v) is 3.88. The van der Waals surface area contributed by atoms with Gasteiger partial charge in [-0.15, -0.1) is 13.2 Å². The predicted molar refractivity (Wildman–Crippen MR) is 94.7 cm³/mol. The number of nitrogens with zero attached hydrogens (tertiary/aromatic N) is 1. The lowest BCUT2D eigenvalue weighted by molar-refractivity contribution is -0.302. The lowest BCUT2D eigenvalue weighted by atomic mass is 9.98. The molecule has 0 unspecified atom stereocenters. The molecule has 6 heteroatoms. The number of ether oxygens (including phenoxy) is 1. The summed E-state index contributed by atoms with van der Waals surface area (Å²) in [5.41, 5.74) is 3.33. The smallest absolute Gasteiger partial charge is 0.405 e. The van der Waals surface area contributed by atoms with E-state index in [9.17, 15) is 13.2 Å². The highest BCUT2D eigenvalue weighted by atomic mass is 35.5. The predicted octanol–water partition coefficient (Wildman–Crippen LogP) is 5.99. The Morgan fingerprint density at radius 2 is 1.92 bits per heavy atom. The van der Waals surface area contributed by atoms with Crippen LogP contribution in [0.3, 0.4) is 0 Å². The van der Waals surface area contributed by atoms with Crippen molar-refractivity contribution in [3.05, 3.63) is 63.9 Å². The van der Waals surface area contributed by atoms with Gasteiger partial charge >= 0.3 is 6.36 Å². The van der Waals surface area contributed by atoms with Crippen LogP contribution in [0.2, 0.25) is 0 Å². The van der Waals surface area contributed by atoms with Crippen molar-refractivity contribution in [2.75, 3.05) is 7.05 Å². The Balaban J connectivity index is 2.50. The topological polar surface area (TPSA) is 12.5 Å². The number of rotatable bonds is 5. The molecule has 0 bridgehead atoms. The van der Waals surface area contributed by atoms with E-state index in [0.29, 0.717) is 22.6 Å². The maximum absolute atomic E-state index is 12.8. The van der Waals surface area contributed by atoms with E-state index >= 15 is 0 Å². The average molecular weight is 372 g/mol. The van der Waals surface area contributed by atoms with Crippen molar-refractivity contribution in [3.8, 4) is 0 Å². The van der Waals surface area contributed by atoms with Crippen LogP contribution in [0.1, 0.15) is 37.0 Å². The van der Waals surface area contributed by atoms with E-state index in [1.54, 1.807) is 26.0 Å². The van der Waals surface area contributed by atoms with Crippen molar-refractivity contribution in [3.63, 3.8) is 0 Å². The fraction of sp³-hybridized carbons (Fsp3) is 0.368. The zero-order valence-corrected chi connectivity index (χ0v) is 15.2. The SMILES string of the molecule is CC/C=C(OC(F)(F)F)/C(=C\C=C(/C)Cl)c1ccc2c(c1)CN(C)C2. The number of hydrogen-bond acceptors (Lipinski definition) is 2. The summed E-state index contributed by atoms with van der Waals surface area (Å²) in [7, 11) is 2.01. The number of benzene rings is 1. The number of hydrogen-bond donors (Lipinski definition) is 0. The van der Waals surface area contributed by atoms with Crippen LogP contribution in [-0.2, 0) is 17.8 Å². The van der Waals surface area contributed by atoms with Gasteiger partial charge < -0.3 is 4.74 Å². The maximum atomic E-state index is 12.8. The molecule has 0 fully saturated rings. The summed E-state index contributed by atoms with van der Waals surface area (Å²) in [5.74, 6) is -0.213. The van der Waals surface area contributed by atoms with Crippen molar-refractivity contribution in [1.82, 2.24) is 4.90 Å². The monoisotopic (exact) mass is 371 g/mol. The molecule has 136 valence electrons. The van der Waals surface area contributed by atoms with Gasteiger partial charge in [-0.05, 0) is 61.4 Å². The van der Waals surface area contributed by atoms with Gasteiger partial charge in [0.1, 0.15) is 5.76 Å². The molecule has 25 heavy (non-hydrogen) atoms. The van der Waals surface area contributed by atoms with Crippen molar-refractivity contribution in [2.24, 2.45) is 0 Å². The normalized spacial score (nSPS) is 17.0. The van der Waals surface area contributed by atoms with Crippen LogP contribution < -0.4 is 0 Å². The fourth-order valence-corrected chi connectivity index (χ4v) is 2.83. The zero-order chi connectivity index (χ0) is 18.6. The van der Waals surface area contributed by atoms with E-state index in [2.05, 4.69) is 9.64 Å². The molecule has 0 aromatic heterocycles. The van der Waals surface area contributed by atoms with E-state index in [1.165, 1.54) is 11.6 Å². The van der Waals surface area contributed by atoms with Gasteiger partial charge in [-0.2, -0.15) is 0 Å². The lowest BCUT2D eigenvalue weighted by Crippen LogP contribution is -2.14. The first-order valence-electron chi connectivity index (χ1n) is 8.00. The number of allylic oxidation sites excluding steroid dienone is 5. The first-order valence-corrected chi connectivity index (χ1v) is 8.38. The van der Waals surface area contributed by atoms with Crippen LogP contribution in [0, 0.1) is 0 Å². The van der Waals surface area contributed by atoms with E-state index in [1.807, 2.05) is 25.2 Å². The highest BCUT2D eigenvalue weighted by Crippen LogP contribution is 2.33. The molecule has 1 aliphatic heterocycles. The molecule has 0 radical (unpaired) electrons. The highest BCUT2D eigenvalue weighted by molar-refractivity contribution is 6.29. The second-order valence-corrected chi connectivity index (χ2v) is 6.61. The van der Waals surface area contributed by atoms with E-state index in [4.69, 9.17) is 11.6 Å². The summed E-state index contributed by atoms with van der Waals surface area (Å²) in [6.45, 7) is 5.04. The molecule has 0 N–H and O–H groups in total. The van der Waals surface area contributed by atoms with Crippen LogP contribution in [0.5, 0.6) is 0 Å². The summed E-state index contributed by atoms with van der Waals surface area (Å²) < 4.78 is 42.8. The van der Waals surface area contributed by atoms with Crippen molar-refractivity contribution < 1.29 is 17.9 Å². The fourth-order valence-electron chi connectivity index (χ4n) is 2.77. The molecule has 1 heterocycles. The van der Waals surface area contributed by atoms with Gasteiger partial charge in [-0.3, -0.25) is 4.90 Å². The van der Waals surface area contributed by atoms with Crippen LogP contribution in [0.25, 0.3) is 5.57 Å². The molecule has 0 amide bonds. The van der Waals surface area contributed by atoms with E-state index < -0.39 is 6.36 Å². The van der Waals surface area contributed by atoms with Gasteiger partial charge in [0.25, 0.3) is 0 Å². The van der Waals surface area contributed by atoms with Gasteiger partial charge in [-0.25, -0.2) is 0 Å². The molecule has 2 rings (SSSR count). The van der Waals surface area contributed by atoms with Crippen molar-refractivity contribution in [2.45, 2.75) is 39.7 Å². The summed E-state index contributed by atoms with van der Waals surface area (Å²) in [6, 6.07) is 5.70. The summed E-state index contributed by atoms with van der Waals surface area (Å²) in [6.07, 6.45) is 0.224. The molecular formula is C19H21ClF3NO. The summed E-state index contributed by atoms with van der Waals surface area (Å²) >= 11 is 5.86. The second kappa shape index (κ2) is 8.11. The lowest BCUT2D eigenvalue weighted by Gasteiger charge is -2.16. The van der Waals surface area contributed by atoms with Gasteiger partial charge in [0.15, 0.2) is 0 Å². The largest absolute Gasteiger partial charge is 0.573 e. The first-order chi connectivity index (χ1) is 11.7. The van der Waals surface area contributed by atoms with Gasteiger partial charge in [-0.1, -0.05) is 30.7 Å². The Morgan fingerprint density at radius 1 is 1.24 bits per heavy atom. The number of halogens is 4. The third kappa shape index (κ3) is 5.65. The number of fused-ring (bicyclic) bond motifs is 1. The highest BCUT2D eigenvalue weighted by Gasteiger charge is 2.33. The molecule has 0 atom stereocenters. The van der Waals surface area contributed by atoms with Crippen molar-refractivity contribution >= 4 is 17.2 Å². The van der Waals surface area contributed by atoms with E-state index in [0.717, 1.165) is 18.7 Å².